The monoisotopic (exact) mass is 217 g/mol. The number of quaternary nitrogens is 1. The first-order valence-electron chi connectivity index (χ1n) is 3.50. The average molecular weight is 217 g/mol. The number of sulfone groups is 1. The lowest BCUT2D eigenvalue weighted by Crippen LogP contribution is -2.30. The molecule has 0 fully saturated rings. The number of benzene rings is 1. The molecule has 1 aromatic carbocycles. The first-order valence-corrected chi connectivity index (χ1v) is 5.15. The Morgan fingerprint density at radius 2 is 1.71 bits per heavy atom. The zero-order chi connectivity index (χ0) is 9.90. The summed E-state index contributed by atoms with van der Waals surface area (Å²) in [6.45, 7) is 0. The fourth-order valence-corrected chi connectivity index (χ4v) is 1.92. The van der Waals surface area contributed by atoms with Gasteiger partial charge in [0, 0.05) is 0 Å². The molecule has 0 heterocycles. The van der Waals surface area contributed by atoms with Gasteiger partial charge in [-0.1, -0.05) is 18.2 Å². The van der Waals surface area contributed by atoms with Gasteiger partial charge in [0.05, 0.1) is 16.6 Å². The summed E-state index contributed by atoms with van der Waals surface area (Å²) in [5.41, 5.74) is 0. The standard InChI is InChI=1S/C8H8O4S.H3N/c9-8(10)6-13(11,12)7-4-2-1-3-5-7;/h1-5H,6H2,(H,9,10);1H3. The zero-order valence-corrected chi connectivity index (χ0v) is 8.45. The third kappa shape index (κ3) is 3.15. The van der Waals surface area contributed by atoms with Crippen molar-refractivity contribution in [2.45, 2.75) is 4.90 Å². The molecule has 78 valence electrons. The summed E-state index contributed by atoms with van der Waals surface area (Å²) in [6, 6.07) is 7.40. The molecule has 1 aromatic rings. The van der Waals surface area contributed by atoms with Gasteiger partial charge in [0.1, 0.15) is 0 Å². The number of carboxylic acid groups (broad SMARTS) is 1. The van der Waals surface area contributed by atoms with Crippen LogP contribution < -0.4 is 11.3 Å². The highest BCUT2D eigenvalue weighted by molar-refractivity contribution is 7.92. The van der Waals surface area contributed by atoms with Gasteiger partial charge in [0.15, 0.2) is 9.84 Å². The van der Waals surface area contributed by atoms with E-state index in [1.165, 1.54) is 24.3 Å². The summed E-state index contributed by atoms with van der Waals surface area (Å²) in [7, 11) is -3.72. The van der Waals surface area contributed by atoms with Crippen LogP contribution in [0.15, 0.2) is 35.2 Å². The molecule has 0 saturated carbocycles. The summed E-state index contributed by atoms with van der Waals surface area (Å²) in [4.78, 5) is 10.1. The van der Waals surface area contributed by atoms with Gasteiger partial charge in [-0.2, -0.15) is 0 Å². The summed E-state index contributed by atoms with van der Waals surface area (Å²) in [5.74, 6) is -2.57. The summed E-state index contributed by atoms with van der Waals surface area (Å²) < 4.78 is 22.4. The Hall–Kier alpha value is -1.40. The predicted octanol–water partition coefficient (Wildman–Crippen LogP) is -0.414. The van der Waals surface area contributed by atoms with Crippen LogP contribution in [-0.4, -0.2) is 20.1 Å². The number of hydrogen-bond acceptors (Lipinski definition) is 4. The Balaban J connectivity index is 0.00000169. The van der Waals surface area contributed by atoms with Crippen LogP contribution in [0.2, 0.25) is 0 Å². The van der Waals surface area contributed by atoms with Crippen LogP contribution in [0.25, 0.3) is 0 Å². The fraction of sp³-hybridized carbons (Fsp3) is 0.125. The lowest BCUT2D eigenvalue weighted by atomic mass is 10.4. The molecule has 6 heteroatoms. The number of carbonyl (C=O) groups excluding carboxylic acids is 1. The van der Waals surface area contributed by atoms with Crippen LogP contribution in [0.1, 0.15) is 0 Å². The molecule has 0 amide bonds. The van der Waals surface area contributed by atoms with E-state index in [2.05, 4.69) is 0 Å². The minimum atomic E-state index is -3.72. The lowest BCUT2D eigenvalue weighted by molar-refractivity contribution is -0.301. The SMILES string of the molecule is O=C([O-])CS(=O)(=O)c1ccccc1.[NH4+]. The molecule has 0 spiro atoms. The zero-order valence-electron chi connectivity index (χ0n) is 7.64. The number of carbonyl (C=O) groups is 1. The maximum Gasteiger partial charge on any atom is 0.183 e. The third-order valence-corrected chi connectivity index (χ3v) is 3.02. The first-order chi connectivity index (χ1) is 6.02. The average Bonchev–Trinajstić information content (AvgIpc) is 2.04. The van der Waals surface area contributed by atoms with Crippen molar-refractivity contribution in [3.8, 4) is 0 Å². The van der Waals surface area contributed by atoms with Gasteiger partial charge in [-0.3, -0.25) is 0 Å². The van der Waals surface area contributed by atoms with Gasteiger partial charge in [0.2, 0.25) is 0 Å². The largest absolute Gasteiger partial charge is 0.549 e. The first kappa shape index (κ1) is 12.6. The van der Waals surface area contributed by atoms with Crippen LogP contribution in [0.5, 0.6) is 0 Å². The molecule has 0 atom stereocenters. The fourth-order valence-electron chi connectivity index (χ4n) is 0.866. The van der Waals surface area contributed by atoms with Gasteiger partial charge < -0.3 is 16.1 Å². The Kier molecular flexibility index (Phi) is 4.26. The van der Waals surface area contributed by atoms with E-state index in [0.29, 0.717) is 0 Å². The summed E-state index contributed by atoms with van der Waals surface area (Å²) in [5, 5.41) is 10.1. The van der Waals surface area contributed by atoms with Crippen molar-refractivity contribution in [1.29, 1.82) is 0 Å². The van der Waals surface area contributed by atoms with E-state index in [-0.39, 0.29) is 11.0 Å². The molecule has 0 aliphatic heterocycles. The molecule has 14 heavy (non-hydrogen) atoms. The topological polar surface area (TPSA) is 111 Å². The molecule has 1 rings (SSSR count). The molecule has 0 unspecified atom stereocenters. The summed E-state index contributed by atoms with van der Waals surface area (Å²) in [6.07, 6.45) is 0. The molecule has 0 aromatic heterocycles. The van der Waals surface area contributed by atoms with Crippen molar-refractivity contribution in [3.63, 3.8) is 0 Å². The Bertz CT molecular complexity index is 399. The summed E-state index contributed by atoms with van der Waals surface area (Å²) >= 11 is 0. The number of aliphatic carboxylic acids is 1. The molecular formula is C8H11NO4S. The van der Waals surface area contributed by atoms with Gasteiger partial charge >= 0.3 is 0 Å². The highest BCUT2D eigenvalue weighted by atomic mass is 32.2. The molecule has 4 N–H and O–H groups in total. The molecule has 0 radical (unpaired) electrons. The minimum Gasteiger partial charge on any atom is -0.549 e. The van der Waals surface area contributed by atoms with Crippen LogP contribution in [0.3, 0.4) is 0 Å². The maximum absolute atomic E-state index is 11.2. The Morgan fingerprint density at radius 3 is 2.14 bits per heavy atom. The second-order valence-electron chi connectivity index (χ2n) is 2.44. The molecule has 0 aliphatic carbocycles. The number of carboxylic acids is 1. The molecule has 0 saturated heterocycles. The van der Waals surface area contributed by atoms with Crippen molar-refractivity contribution >= 4 is 15.8 Å². The van der Waals surface area contributed by atoms with E-state index in [9.17, 15) is 18.3 Å². The minimum absolute atomic E-state index is 0. The van der Waals surface area contributed by atoms with Gasteiger partial charge in [0.25, 0.3) is 0 Å². The second-order valence-corrected chi connectivity index (χ2v) is 4.43. The second kappa shape index (κ2) is 4.73. The molecule has 5 nitrogen and oxygen atoms in total. The van der Waals surface area contributed by atoms with Gasteiger partial charge in [-0.05, 0) is 12.1 Å². The van der Waals surface area contributed by atoms with Gasteiger partial charge in [-0.15, -0.1) is 0 Å². The van der Waals surface area contributed by atoms with E-state index in [0.717, 1.165) is 0 Å². The van der Waals surface area contributed by atoms with Crippen molar-refractivity contribution in [3.05, 3.63) is 30.3 Å². The quantitative estimate of drug-likeness (QED) is 0.741. The smallest absolute Gasteiger partial charge is 0.183 e. The van der Waals surface area contributed by atoms with Crippen LogP contribution in [0, 0.1) is 0 Å². The van der Waals surface area contributed by atoms with Crippen molar-refractivity contribution in [2.75, 3.05) is 5.75 Å². The Morgan fingerprint density at radius 1 is 1.21 bits per heavy atom. The van der Waals surface area contributed by atoms with E-state index in [1.54, 1.807) is 6.07 Å². The van der Waals surface area contributed by atoms with E-state index < -0.39 is 21.6 Å². The highest BCUT2D eigenvalue weighted by Gasteiger charge is 2.13. The molecule has 0 aliphatic rings. The molecule has 0 bridgehead atoms. The van der Waals surface area contributed by atoms with E-state index >= 15 is 0 Å². The molecular weight excluding hydrogens is 206 g/mol. The van der Waals surface area contributed by atoms with Crippen LogP contribution >= 0.6 is 0 Å². The maximum atomic E-state index is 11.2. The van der Waals surface area contributed by atoms with Crippen molar-refractivity contribution in [2.24, 2.45) is 0 Å². The van der Waals surface area contributed by atoms with Gasteiger partial charge in [-0.25, -0.2) is 8.42 Å². The van der Waals surface area contributed by atoms with Crippen molar-refractivity contribution < 1.29 is 18.3 Å². The van der Waals surface area contributed by atoms with E-state index in [1.807, 2.05) is 0 Å². The lowest BCUT2D eigenvalue weighted by Gasteiger charge is -2.03. The predicted molar refractivity (Wildman–Crippen MR) is 49.5 cm³/mol. The van der Waals surface area contributed by atoms with Crippen molar-refractivity contribution in [1.82, 2.24) is 6.15 Å². The highest BCUT2D eigenvalue weighted by Crippen LogP contribution is 2.08. The number of hydrogen-bond donors (Lipinski definition) is 1. The Labute approximate surface area is 81.9 Å². The van der Waals surface area contributed by atoms with E-state index in [4.69, 9.17) is 0 Å². The number of rotatable bonds is 3. The van der Waals surface area contributed by atoms with Crippen LogP contribution in [-0.2, 0) is 14.6 Å². The third-order valence-electron chi connectivity index (χ3n) is 1.41. The normalized spacial score (nSPS) is 10.3. The van der Waals surface area contributed by atoms with Crippen LogP contribution in [0.4, 0.5) is 0 Å².